The summed E-state index contributed by atoms with van der Waals surface area (Å²) < 4.78 is 5.29. The molecule has 0 unspecified atom stereocenters. The molecule has 0 bridgehead atoms. The van der Waals surface area contributed by atoms with Crippen LogP contribution in [0.4, 0.5) is 22.1 Å². The first-order chi connectivity index (χ1) is 16.3. The Morgan fingerprint density at radius 1 is 1.03 bits per heavy atom. The minimum absolute atomic E-state index is 0.371. The summed E-state index contributed by atoms with van der Waals surface area (Å²) in [4.78, 5) is 20.6. The summed E-state index contributed by atoms with van der Waals surface area (Å²) in [6.07, 6.45) is 1.02. The lowest BCUT2D eigenvalue weighted by atomic mass is 10.1. The molecule has 34 heavy (non-hydrogen) atoms. The van der Waals surface area contributed by atoms with Crippen molar-refractivity contribution in [3.63, 3.8) is 0 Å². The summed E-state index contributed by atoms with van der Waals surface area (Å²) >= 11 is 6.10. The van der Waals surface area contributed by atoms with Gasteiger partial charge in [-0.1, -0.05) is 41.9 Å². The van der Waals surface area contributed by atoms with E-state index in [1.54, 1.807) is 0 Å². The van der Waals surface area contributed by atoms with Crippen molar-refractivity contribution < 1.29 is 9.53 Å². The van der Waals surface area contributed by atoms with Gasteiger partial charge in [-0.2, -0.15) is 5.10 Å². The molecule has 10 heteroatoms. The van der Waals surface area contributed by atoms with Crippen LogP contribution < -0.4 is 16.0 Å². The van der Waals surface area contributed by atoms with Gasteiger partial charge in [-0.15, -0.1) is 0 Å². The second-order valence-electron chi connectivity index (χ2n) is 8.68. The summed E-state index contributed by atoms with van der Waals surface area (Å²) in [5.41, 5.74) is 2.87. The number of hydrogen-bond donors (Lipinski definition) is 4. The number of benzene rings is 2. The van der Waals surface area contributed by atoms with Gasteiger partial charge in [0.1, 0.15) is 23.1 Å². The van der Waals surface area contributed by atoms with Crippen LogP contribution in [0.5, 0.6) is 0 Å². The van der Waals surface area contributed by atoms with E-state index in [0.717, 1.165) is 22.2 Å². The highest BCUT2D eigenvalue weighted by Gasteiger charge is 2.16. The van der Waals surface area contributed by atoms with Crippen molar-refractivity contribution in [3.05, 3.63) is 71.0 Å². The van der Waals surface area contributed by atoms with E-state index >= 15 is 0 Å². The fraction of sp³-hybridized carbons (Fsp3) is 0.250. The molecular weight excluding hydrogens is 454 g/mol. The second kappa shape index (κ2) is 9.96. The van der Waals surface area contributed by atoms with Crippen molar-refractivity contribution >= 4 is 46.1 Å². The minimum atomic E-state index is -0.535. The SMILES string of the molecule is CC(C)(C)OC(=O)NCc1cccc(CNc2n[nH]c3ncnc(Nc4cccc(Cl)c4)c23)c1. The smallest absolute Gasteiger partial charge is 0.407 e. The first kappa shape index (κ1) is 23.3. The average molecular weight is 480 g/mol. The lowest BCUT2D eigenvalue weighted by molar-refractivity contribution is 0.0523. The third kappa shape index (κ3) is 6.14. The normalized spacial score (nSPS) is 11.3. The first-order valence-electron chi connectivity index (χ1n) is 10.8. The lowest BCUT2D eigenvalue weighted by Gasteiger charge is -2.19. The minimum Gasteiger partial charge on any atom is -0.444 e. The molecule has 1 amide bonds. The number of H-pyrrole nitrogens is 1. The van der Waals surface area contributed by atoms with Crippen molar-refractivity contribution in [2.24, 2.45) is 0 Å². The number of rotatable bonds is 7. The van der Waals surface area contributed by atoms with Gasteiger partial charge in [-0.25, -0.2) is 14.8 Å². The number of carbonyl (C=O) groups excluding carboxylic acids is 1. The molecule has 2 aromatic heterocycles. The Balaban J connectivity index is 1.45. The maximum atomic E-state index is 11.9. The number of aromatic nitrogens is 4. The molecular formula is C24H26ClN7O2. The maximum absolute atomic E-state index is 11.9. The Labute approximate surface area is 202 Å². The van der Waals surface area contributed by atoms with Gasteiger partial charge in [0, 0.05) is 23.8 Å². The quantitative estimate of drug-likeness (QED) is 0.281. The summed E-state index contributed by atoms with van der Waals surface area (Å²) in [6.45, 7) is 6.39. The molecule has 0 radical (unpaired) electrons. The lowest BCUT2D eigenvalue weighted by Crippen LogP contribution is -2.32. The van der Waals surface area contributed by atoms with Crippen molar-refractivity contribution in [2.75, 3.05) is 10.6 Å². The van der Waals surface area contributed by atoms with Gasteiger partial charge < -0.3 is 20.7 Å². The molecule has 0 aliphatic carbocycles. The molecule has 2 aromatic carbocycles. The van der Waals surface area contributed by atoms with Crippen LogP contribution >= 0.6 is 11.6 Å². The predicted octanol–water partition coefficient (Wildman–Crippen LogP) is 5.39. The topological polar surface area (TPSA) is 117 Å². The fourth-order valence-corrected chi connectivity index (χ4v) is 3.50. The number of aromatic amines is 1. The molecule has 0 aliphatic heterocycles. The number of hydrogen-bond acceptors (Lipinski definition) is 7. The summed E-state index contributed by atoms with van der Waals surface area (Å²) in [5, 5.41) is 18.1. The number of fused-ring (bicyclic) bond motifs is 1. The largest absolute Gasteiger partial charge is 0.444 e. The molecule has 4 rings (SSSR count). The Hall–Kier alpha value is -3.85. The Morgan fingerprint density at radius 2 is 1.79 bits per heavy atom. The highest BCUT2D eigenvalue weighted by molar-refractivity contribution is 6.30. The van der Waals surface area contributed by atoms with Crippen LogP contribution in [0.15, 0.2) is 54.9 Å². The monoisotopic (exact) mass is 479 g/mol. The Kier molecular flexibility index (Phi) is 6.83. The van der Waals surface area contributed by atoms with Crippen LogP contribution in [0, 0.1) is 0 Å². The van der Waals surface area contributed by atoms with E-state index in [1.165, 1.54) is 6.33 Å². The van der Waals surface area contributed by atoms with Crippen molar-refractivity contribution in [1.82, 2.24) is 25.5 Å². The second-order valence-corrected chi connectivity index (χ2v) is 9.12. The number of ether oxygens (including phenoxy) is 1. The predicted molar refractivity (Wildman–Crippen MR) is 133 cm³/mol. The Bertz CT molecular complexity index is 1300. The van der Waals surface area contributed by atoms with E-state index in [9.17, 15) is 4.79 Å². The van der Waals surface area contributed by atoms with E-state index in [4.69, 9.17) is 16.3 Å². The third-order valence-electron chi connectivity index (χ3n) is 4.73. The van der Waals surface area contributed by atoms with Crippen LogP contribution in [0.25, 0.3) is 11.0 Å². The van der Waals surface area contributed by atoms with E-state index in [1.807, 2.05) is 69.3 Å². The summed E-state index contributed by atoms with van der Waals surface area (Å²) in [5.74, 6) is 1.23. The van der Waals surface area contributed by atoms with E-state index in [0.29, 0.717) is 35.4 Å². The van der Waals surface area contributed by atoms with Crippen LogP contribution in [0.1, 0.15) is 31.9 Å². The molecule has 0 spiro atoms. The molecule has 4 N–H and O–H groups in total. The van der Waals surface area contributed by atoms with Crippen molar-refractivity contribution in [1.29, 1.82) is 0 Å². The van der Waals surface area contributed by atoms with Crippen molar-refractivity contribution in [2.45, 2.75) is 39.5 Å². The van der Waals surface area contributed by atoms with E-state index < -0.39 is 11.7 Å². The van der Waals surface area contributed by atoms with Crippen LogP contribution in [0.3, 0.4) is 0 Å². The van der Waals surface area contributed by atoms with Gasteiger partial charge in [-0.3, -0.25) is 5.10 Å². The van der Waals surface area contributed by atoms with E-state index in [2.05, 4.69) is 36.1 Å². The average Bonchev–Trinajstić information content (AvgIpc) is 3.20. The molecule has 2 heterocycles. The number of carbonyl (C=O) groups is 1. The van der Waals surface area contributed by atoms with Crippen LogP contribution in [-0.4, -0.2) is 31.9 Å². The summed E-state index contributed by atoms with van der Waals surface area (Å²) in [7, 11) is 0. The van der Waals surface area contributed by atoms with Gasteiger partial charge in [0.25, 0.3) is 0 Å². The fourth-order valence-electron chi connectivity index (χ4n) is 3.31. The van der Waals surface area contributed by atoms with Gasteiger partial charge in [0.15, 0.2) is 11.5 Å². The zero-order valence-electron chi connectivity index (χ0n) is 19.1. The molecule has 176 valence electrons. The highest BCUT2D eigenvalue weighted by Crippen LogP contribution is 2.29. The van der Waals surface area contributed by atoms with Crippen molar-refractivity contribution in [3.8, 4) is 0 Å². The van der Waals surface area contributed by atoms with Crippen LogP contribution in [-0.2, 0) is 17.8 Å². The number of amides is 1. The molecule has 0 atom stereocenters. The van der Waals surface area contributed by atoms with E-state index in [-0.39, 0.29) is 0 Å². The number of anilines is 3. The zero-order chi connectivity index (χ0) is 24.1. The number of halogens is 1. The number of nitrogens with zero attached hydrogens (tertiary/aromatic N) is 3. The molecule has 0 aliphatic rings. The van der Waals surface area contributed by atoms with Crippen LogP contribution in [0.2, 0.25) is 5.02 Å². The molecule has 9 nitrogen and oxygen atoms in total. The zero-order valence-corrected chi connectivity index (χ0v) is 19.9. The number of nitrogens with one attached hydrogen (secondary N) is 4. The standard InChI is InChI=1S/C24H26ClN7O2/c1-24(2,3)34-23(33)27-13-16-7-4-6-15(10-16)12-26-21-19-20(28-14-29-22(19)32-31-21)30-18-9-5-8-17(25)11-18/h4-11,14H,12-13H2,1-3H3,(H,27,33)(H3,26,28,29,30,31,32). The van der Waals surface area contributed by atoms with Gasteiger partial charge in [0.2, 0.25) is 0 Å². The van der Waals surface area contributed by atoms with Gasteiger partial charge >= 0.3 is 6.09 Å². The Morgan fingerprint density at radius 3 is 2.56 bits per heavy atom. The highest BCUT2D eigenvalue weighted by atomic mass is 35.5. The maximum Gasteiger partial charge on any atom is 0.407 e. The number of alkyl carbamates (subject to hydrolysis) is 1. The molecule has 0 saturated heterocycles. The molecule has 0 fully saturated rings. The van der Waals surface area contributed by atoms with Gasteiger partial charge in [0.05, 0.1) is 0 Å². The third-order valence-corrected chi connectivity index (χ3v) is 4.97. The summed E-state index contributed by atoms with van der Waals surface area (Å²) in [6, 6.07) is 15.3. The van der Waals surface area contributed by atoms with Gasteiger partial charge in [-0.05, 0) is 50.1 Å². The molecule has 0 saturated carbocycles. The first-order valence-corrected chi connectivity index (χ1v) is 11.1. The molecule has 4 aromatic rings.